The number of aliphatic hydroxyl groups is 1. The van der Waals surface area contributed by atoms with Crippen molar-refractivity contribution in [3.63, 3.8) is 0 Å². The number of nitrogens with zero attached hydrogens (tertiary/aromatic N) is 1. The number of rotatable bonds is 13. The zero-order chi connectivity index (χ0) is 36.8. The number of fused-ring (bicyclic) bond motifs is 3. The van der Waals surface area contributed by atoms with Crippen molar-refractivity contribution in [2.75, 3.05) is 38.4 Å². The molecule has 1 amide bonds. The monoisotopic (exact) mass is 730 g/mol. The van der Waals surface area contributed by atoms with Crippen LogP contribution in [0.5, 0.6) is 17.2 Å². The van der Waals surface area contributed by atoms with Crippen LogP contribution in [0.25, 0.3) is 10.9 Å². The van der Waals surface area contributed by atoms with Gasteiger partial charge in [-0.25, -0.2) is 4.39 Å². The third-order valence-corrected chi connectivity index (χ3v) is 9.96. The summed E-state index contributed by atoms with van der Waals surface area (Å²) < 4.78 is 78.0. The normalized spacial score (nSPS) is 19.7. The molecule has 1 saturated heterocycles. The molecule has 53 heavy (non-hydrogen) atoms. The molecule has 4 heterocycles. The molecule has 1 unspecified atom stereocenters. The Morgan fingerprint density at radius 3 is 2.21 bits per heavy atom. The first kappa shape index (κ1) is 35.0. The van der Waals surface area contributed by atoms with E-state index in [1.54, 1.807) is 13.0 Å². The van der Waals surface area contributed by atoms with Crippen LogP contribution in [0.2, 0.25) is 0 Å². The summed E-state index contributed by atoms with van der Waals surface area (Å²) >= 11 is 0. The summed E-state index contributed by atoms with van der Waals surface area (Å²) in [6.07, 6.45) is -4.77. The van der Waals surface area contributed by atoms with E-state index in [0.29, 0.717) is 49.5 Å². The average Bonchev–Trinajstić information content (AvgIpc) is 3.75. The molecular formula is C40H37F3N2O8. The van der Waals surface area contributed by atoms with Crippen molar-refractivity contribution < 1.29 is 51.5 Å². The van der Waals surface area contributed by atoms with Gasteiger partial charge in [0.25, 0.3) is 0 Å². The summed E-state index contributed by atoms with van der Waals surface area (Å²) in [4.78, 5) is 13.8. The number of aromatic nitrogens is 1. The van der Waals surface area contributed by atoms with Crippen LogP contribution in [0.1, 0.15) is 29.3 Å². The molecule has 5 aromatic rings. The maximum absolute atomic E-state index is 16.0. The Morgan fingerprint density at radius 1 is 0.887 bits per heavy atom. The first-order chi connectivity index (χ1) is 25.5. The number of ether oxygens (including phenoxy) is 6. The van der Waals surface area contributed by atoms with Gasteiger partial charge < -0.3 is 43.4 Å². The average molecular weight is 731 g/mol. The Bertz CT molecular complexity index is 2140. The molecule has 0 aliphatic carbocycles. The van der Waals surface area contributed by atoms with E-state index >= 15 is 4.39 Å². The molecule has 4 aromatic carbocycles. The van der Waals surface area contributed by atoms with E-state index in [1.807, 2.05) is 71.3 Å². The summed E-state index contributed by atoms with van der Waals surface area (Å²) in [6, 6.07) is 26.7. The lowest BCUT2D eigenvalue weighted by Gasteiger charge is -2.42. The van der Waals surface area contributed by atoms with Gasteiger partial charge in [0.15, 0.2) is 11.5 Å². The Morgan fingerprint density at radius 2 is 1.55 bits per heavy atom. The number of hydrogen-bond acceptors (Lipinski definition) is 8. The van der Waals surface area contributed by atoms with E-state index in [9.17, 15) is 18.7 Å². The Balaban J connectivity index is 1.07. The number of hydrogen-bond donors (Lipinski definition) is 2. The Hall–Kier alpha value is -5.08. The predicted octanol–water partition coefficient (Wildman–Crippen LogP) is 6.45. The second kappa shape index (κ2) is 13.7. The standard InChI is InChI=1S/C40H37F3N2O8/c1-38(21-51-33-16-35-34(14-29(33)38)52-40(42,43)53-35)37(47)44-31-12-27-13-36(39(23-50-24-39)22-49-19-26-10-6-3-7-11-26)45(32(27)15-30(31)41)17-28(46)20-48-18-25-8-4-2-5-9-25/h2-16,28,46H,17-24H2,1H3,(H,44,47)/t28-,38?/m1/s1. The highest BCUT2D eigenvalue weighted by Gasteiger charge is 2.49. The number of amides is 1. The van der Waals surface area contributed by atoms with E-state index < -0.39 is 35.0 Å². The van der Waals surface area contributed by atoms with Crippen LogP contribution >= 0.6 is 0 Å². The third kappa shape index (κ3) is 6.81. The zero-order valence-corrected chi connectivity index (χ0v) is 28.8. The molecule has 10 nitrogen and oxygen atoms in total. The van der Waals surface area contributed by atoms with Gasteiger partial charge in [-0.15, -0.1) is 8.78 Å². The summed E-state index contributed by atoms with van der Waals surface area (Å²) in [6.45, 7) is 3.33. The van der Waals surface area contributed by atoms with Gasteiger partial charge in [-0.3, -0.25) is 4.79 Å². The van der Waals surface area contributed by atoms with Crippen molar-refractivity contribution in [2.45, 2.75) is 49.9 Å². The number of carbonyl (C=O) groups is 1. The summed E-state index contributed by atoms with van der Waals surface area (Å²) in [5.74, 6) is -1.56. The number of benzene rings is 4. The molecule has 3 aliphatic rings. The quantitative estimate of drug-likeness (QED) is 0.142. The SMILES string of the molecule is CC1(C(=O)Nc2cc3cc(C4(COCc5ccccc5)COC4)n(C[C@@H](O)COCc4ccccc4)c3cc2F)COc2cc3c(cc21)OC(F)(F)O3. The van der Waals surface area contributed by atoms with Crippen LogP contribution in [0.4, 0.5) is 18.9 Å². The Labute approximate surface area is 302 Å². The van der Waals surface area contributed by atoms with Gasteiger partial charge in [-0.2, -0.15) is 0 Å². The van der Waals surface area contributed by atoms with Gasteiger partial charge in [-0.05, 0) is 36.2 Å². The van der Waals surface area contributed by atoms with Crippen LogP contribution in [-0.2, 0) is 49.6 Å². The minimum atomic E-state index is -3.84. The maximum Gasteiger partial charge on any atom is 0.586 e. The maximum atomic E-state index is 16.0. The largest absolute Gasteiger partial charge is 0.586 e. The number of alkyl halides is 2. The van der Waals surface area contributed by atoms with Gasteiger partial charge in [0.2, 0.25) is 5.91 Å². The smallest absolute Gasteiger partial charge is 0.492 e. The van der Waals surface area contributed by atoms with Crippen LogP contribution < -0.4 is 19.5 Å². The van der Waals surface area contributed by atoms with Crippen molar-refractivity contribution in [3.8, 4) is 17.2 Å². The second-order valence-electron chi connectivity index (χ2n) is 14.0. The summed E-state index contributed by atoms with van der Waals surface area (Å²) in [5.41, 5.74) is 1.55. The fourth-order valence-electron chi connectivity index (χ4n) is 7.03. The third-order valence-electron chi connectivity index (χ3n) is 9.96. The molecule has 2 atom stereocenters. The van der Waals surface area contributed by atoms with E-state index in [2.05, 4.69) is 14.8 Å². The van der Waals surface area contributed by atoms with Crippen LogP contribution in [0.3, 0.4) is 0 Å². The van der Waals surface area contributed by atoms with E-state index in [4.69, 9.17) is 18.9 Å². The molecular weight excluding hydrogens is 693 g/mol. The fraction of sp³-hybridized carbons (Fsp3) is 0.325. The van der Waals surface area contributed by atoms with Crippen LogP contribution in [-0.4, -0.2) is 61.0 Å². The molecule has 0 bridgehead atoms. The van der Waals surface area contributed by atoms with Crippen molar-refractivity contribution in [3.05, 3.63) is 119 Å². The number of carbonyl (C=O) groups excluding carboxylic acids is 1. The summed E-state index contributed by atoms with van der Waals surface area (Å²) in [7, 11) is 0. The number of halogens is 3. The lowest BCUT2D eigenvalue weighted by Crippen LogP contribution is -2.51. The zero-order valence-electron chi connectivity index (χ0n) is 28.8. The molecule has 8 rings (SSSR count). The first-order valence-electron chi connectivity index (χ1n) is 17.2. The molecule has 276 valence electrons. The van der Waals surface area contributed by atoms with Crippen molar-refractivity contribution in [1.82, 2.24) is 4.57 Å². The molecule has 1 aromatic heterocycles. The predicted molar refractivity (Wildman–Crippen MR) is 187 cm³/mol. The Kier molecular flexibility index (Phi) is 9.05. The minimum Gasteiger partial charge on any atom is -0.492 e. The molecule has 0 saturated carbocycles. The number of anilines is 1. The first-order valence-corrected chi connectivity index (χ1v) is 17.2. The van der Waals surface area contributed by atoms with Gasteiger partial charge in [0.1, 0.15) is 23.6 Å². The van der Waals surface area contributed by atoms with Gasteiger partial charge in [-0.1, -0.05) is 60.7 Å². The van der Waals surface area contributed by atoms with E-state index in [1.165, 1.54) is 18.2 Å². The lowest BCUT2D eigenvalue weighted by atomic mass is 9.83. The highest BCUT2D eigenvalue weighted by atomic mass is 19.3. The van der Waals surface area contributed by atoms with Gasteiger partial charge in [0, 0.05) is 28.8 Å². The number of aliphatic hydroxyl groups excluding tert-OH is 1. The summed E-state index contributed by atoms with van der Waals surface area (Å²) in [5, 5.41) is 14.5. The van der Waals surface area contributed by atoms with E-state index in [-0.39, 0.29) is 42.7 Å². The highest BCUT2D eigenvalue weighted by molar-refractivity contribution is 6.01. The van der Waals surface area contributed by atoms with Gasteiger partial charge >= 0.3 is 6.29 Å². The lowest BCUT2D eigenvalue weighted by molar-refractivity contribution is -0.286. The minimum absolute atomic E-state index is 0.0405. The van der Waals surface area contributed by atoms with E-state index in [0.717, 1.165) is 16.8 Å². The van der Waals surface area contributed by atoms with Crippen molar-refractivity contribution in [1.29, 1.82) is 0 Å². The molecule has 0 spiro atoms. The fourth-order valence-corrected chi connectivity index (χ4v) is 7.03. The molecule has 2 N–H and O–H groups in total. The van der Waals surface area contributed by atoms with Gasteiger partial charge in [0.05, 0.1) is 68.9 Å². The number of nitrogens with one attached hydrogen (secondary N) is 1. The topological polar surface area (TPSA) is 110 Å². The highest BCUT2D eigenvalue weighted by Crippen LogP contribution is 2.50. The molecule has 0 radical (unpaired) electrons. The van der Waals surface area contributed by atoms with Crippen LogP contribution in [0, 0.1) is 5.82 Å². The van der Waals surface area contributed by atoms with Crippen molar-refractivity contribution in [2.24, 2.45) is 0 Å². The van der Waals surface area contributed by atoms with Crippen LogP contribution in [0.15, 0.2) is 91.0 Å². The molecule has 3 aliphatic heterocycles. The van der Waals surface area contributed by atoms with Crippen molar-refractivity contribution >= 4 is 22.5 Å². The molecule has 1 fully saturated rings. The molecule has 13 heteroatoms. The second-order valence-corrected chi connectivity index (χ2v) is 14.0.